The van der Waals surface area contributed by atoms with E-state index in [1.54, 1.807) is 0 Å². The van der Waals surface area contributed by atoms with Gasteiger partial charge in [-0.25, -0.2) is 9.53 Å². The maximum Gasteiger partial charge on any atom is 0.174 e. The molecule has 39 heavy (non-hydrogen) atoms. The van der Waals surface area contributed by atoms with Crippen molar-refractivity contribution in [3.8, 4) is 0 Å². The molecule has 0 radical (unpaired) electrons. The standard InChI is InChI=1S/C32H52N4OP2/c1-23-24(2)28(6)31(9,27(23)5)38(33-21-35-17-13-11-14-18-35)37-39(34-22-36-19-15-12-16-20-36)32(10)29(7)25(3)26(4)30(32)8/h21-22H,11-20H2,1-10H3/b33-21+,34-22+. The van der Waals surface area contributed by atoms with Crippen LogP contribution in [0.15, 0.2) is 54.1 Å². The predicted octanol–water partition coefficient (Wildman–Crippen LogP) is 9.55. The lowest BCUT2D eigenvalue weighted by atomic mass is 9.98. The summed E-state index contributed by atoms with van der Waals surface area (Å²) in [6, 6.07) is 0. The minimum Gasteiger partial charge on any atom is -0.363 e. The molecule has 2 saturated heterocycles. The predicted molar refractivity (Wildman–Crippen MR) is 173 cm³/mol. The van der Waals surface area contributed by atoms with Gasteiger partial charge in [0.25, 0.3) is 0 Å². The maximum atomic E-state index is 7.43. The van der Waals surface area contributed by atoms with Crippen LogP contribution in [0.2, 0.25) is 0 Å². The molecule has 216 valence electrons. The van der Waals surface area contributed by atoms with E-state index in [9.17, 15) is 0 Å². The van der Waals surface area contributed by atoms with Crippen molar-refractivity contribution in [2.24, 2.45) is 9.53 Å². The second-order valence-corrected chi connectivity index (χ2v) is 16.4. The average molecular weight is 571 g/mol. The molecule has 2 aliphatic carbocycles. The smallest absolute Gasteiger partial charge is 0.174 e. The highest BCUT2D eigenvalue weighted by molar-refractivity contribution is 7.66. The quantitative estimate of drug-likeness (QED) is 0.166. The zero-order valence-corrected chi connectivity index (χ0v) is 28.1. The third-order valence-corrected chi connectivity index (χ3v) is 15.4. The lowest BCUT2D eigenvalue weighted by Crippen LogP contribution is -2.30. The highest BCUT2D eigenvalue weighted by atomic mass is 31.2. The molecule has 0 bridgehead atoms. The van der Waals surface area contributed by atoms with Crippen LogP contribution in [0.4, 0.5) is 0 Å². The Hall–Kier alpha value is -1.28. The van der Waals surface area contributed by atoms with Gasteiger partial charge in [-0.05, 0) is 130 Å². The van der Waals surface area contributed by atoms with E-state index in [0.717, 1.165) is 26.2 Å². The van der Waals surface area contributed by atoms with Crippen molar-refractivity contribution in [1.29, 1.82) is 0 Å². The van der Waals surface area contributed by atoms with E-state index in [1.807, 2.05) is 0 Å². The Balaban J connectivity index is 1.78. The number of likely N-dealkylation sites (tertiary alicyclic amines) is 2. The van der Waals surface area contributed by atoms with Crippen molar-refractivity contribution >= 4 is 29.3 Å². The third kappa shape index (κ3) is 5.62. The van der Waals surface area contributed by atoms with Gasteiger partial charge >= 0.3 is 0 Å². The Morgan fingerprint density at radius 2 is 0.821 bits per heavy atom. The summed E-state index contributed by atoms with van der Waals surface area (Å²) in [7, 11) is -2.44. The molecule has 2 fully saturated rings. The summed E-state index contributed by atoms with van der Waals surface area (Å²) < 4.78 is 18.2. The van der Waals surface area contributed by atoms with Gasteiger partial charge in [-0.15, -0.1) is 0 Å². The van der Waals surface area contributed by atoms with Crippen LogP contribution in [-0.2, 0) is 4.31 Å². The van der Waals surface area contributed by atoms with Crippen LogP contribution in [0.5, 0.6) is 0 Å². The fraction of sp³-hybridized carbons (Fsp3) is 0.688. The van der Waals surface area contributed by atoms with Crippen LogP contribution in [0.25, 0.3) is 0 Å². The molecule has 2 atom stereocenters. The number of rotatable bonds is 8. The minimum absolute atomic E-state index is 0.231. The van der Waals surface area contributed by atoms with Crippen LogP contribution >= 0.6 is 16.6 Å². The van der Waals surface area contributed by atoms with E-state index in [4.69, 9.17) is 13.8 Å². The first-order valence-electron chi connectivity index (χ1n) is 15.0. The van der Waals surface area contributed by atoms with Gasteiger partial charge in [0.2, 0.25) is 0 Å². The van der Waals surface area contributed by atoms with Crippen LogP contribution in [0.1, 0.15) is 108 Å². The maximum absolute atomic E-state index is 7.43. The number of hydrogen-bond acceptors (Lipinski definition) is 3. The fourth-order valence-corrected chi connectivity index (χ4v) is 11.5. The van der Waals surface area contributed by atoms with Crippen molar-refractivity contribution in [2.75, 3.05) is 26.2 Å². The number of allylic oxidation sites excluding steroid dienone is 8. The van der Waals surface area contributed by atoms with Crippen LogP contribution < -0.4 is 0 Å². The van der Waals surface area contributed by atoms with E-state index in [-0.39, 0.29) is 10.3 Å². The summed E-state index contributed by atoms with van der Waals surface area (Å²) in [5.41, 5.74) is 11.2. The van der Waals surface area contributed by atoms with Gasteiger partial charge in [0.1, 0.15) is 0 Å². The molecule has 0 aromatic rings. The Bertz CT molecular complexity index is 997. The molecule has 2 aliphatic heterocycles. The van der Waals surface area contributed by atoms with Crippen LogP contribution in [0.3, 0.4) is 0 Å². The van der Waals surface area contributed by atoms with E-state index in [2.05, 4.69) is 91.7 Å². The topological polar surface area (TPSA) is 40.4 Å². The molecule has 0 aromatic carbocycles. The molecule has 4 rings (SSSR count). The first-order chi connectivity index (χ1) is 18.4. The van der Waals surface area contributed by atoms with E-state index in [1.165, 1.54) is 83.1 Å². The van der Waals surface area contributed by atoms with Crippen LogP contribution in [-0.4, -0.2) is 59.0 Å². The zero-order valence-electron chi connectivity index (χ0n) is 26.3. The van der Waals surface area contributed by atoms with Gasteiger partial charge in [-0.2, -0.15) is 0 Å². The summed E-state index contributed by atoms with van der Waals surface area (Å²) in [5, 5.41) is -0.462. The van der Waals surface area contributed by atoms with Gasteiger partial charge in [0, 0.05) is 26.2 Å². The van der Waals surface area contributed by atoms with Gasteiger partial charge in [0.05, 0.1) is 23.0 Å². The molecule has 2 heterocycles. The molecule has 5 nitrogen and oxygen atoms in total. The Kier molecular flexibility index (Phi) is 9.67. The molecule has 0 N–H and O–H groups in total. The molecule has 0 spiro atoms. The lowest BCUT2D eigenvalue weighted by molar-refractivity contribution is 0.351. The van der Waals surface area contributed by atoms with Gasteiger partial charge in [0.15, 0.2) is 16.6 Å². The SMILES string of the molecule is CC1=C(C)C(C)(P(/N=C/N2CCCCC2)OP(/N=C/N2CCCCC2)C2(C)C(C)=C(C)C(C)=C2C)C(C)=C1C. The summed E-state index contributed by atoms with van der Waals surface area (Å²) in [4.78, 5) is 4.80. The van der Waals surface area contributed by atoms with Gasteiger partial charge < -0.3 is 9.80 Å². The Morgan fingerprint density at radius 1 is 0.538 bits per heavy atom. The third-order valence-electron chi connectivity index (χ3n) is 10.6. The minimum atomic E-state index is -1.22. The summed E-state index contributed by atoms with van der Waals surface area (Å²) in [5.74, 6) is 0. The first-order valence-corrected chi connectivity index (χ1v) is 17.4. The number of piperidine rings is 2. The van der Waals surface area contributed by atoms with E-state index in [0.29, 0.717) is 0 Å². The molecule has 0 saturated carbocycles. The van der Waals surface area contributed by atoms with Crippen LogP contribution in [0, 0.1) is 0 Å². The molecule has 0 aromatic heterocycles. The zero-order chi connectivity index (χ0) is 28.5. The van der Waals surface area contributed by atoms with E-state index < -0.39 is 16.6 Å². The molecule has 4 aliphatic rings. The second-order valence-electron chi connectivity index (χ2n) is 12.4. The molecular weight excluding hydrogens is 518 g/mol. The number of nitrogens with zero attached hydrogens (tertiary/aromatic N) is 4. The lowest BCUT2D eigenvalue weighted by Gasteiger charge is -2.40. The molecule has 2 unspecified atom stereocenters. The monoisotopic (exact) mass is 570 g/mol. The molecule has 7 heteroatoms. The van der Waals surface area contributed by atoms with Gasteiger partial charge in [-0.3, -0.25) is 4.31 Å². The van der Waals surface area contributed by atoms with Crippen molar-refractivity contribution in [3.05, 3.63) is 44.6 Å². The average Bonchev–Trinajstić information content (AvgIpc) is 3.20. The Morgan fingerprint density at radius 3 is 1.10 bits per heavy atom. The molecular formula is C32H52N4OP2. The highest BCUT2D eigenvalue weighted by Crippen LogP contribution is 2.74. The van der Waals surface area contributed by atoms with Crippen molar-refractivity contribution in [3.63, 3.8) is 0 Å². The normalized spacial score (nSPS) is 25.8. The first kappa shape index (κ1) is 30.7. The van der Waals surface area contributed by atoms with Crippen molar-refractivity contribution in [1.82, 2.24) is 9.80 Å². The number of hydrogen-bond donors (Lipinski definition) is 0. The highest BCUT2D eigenvalue weighted by Gasteiger charge is 2.51. The van der Waals surface area contributed by atoms with Gasteiger partial charge in [-0.1, -0.05) is 22.3 Å². The Labute approximate surface area is 241 Å². The second kappa shape index (κ2) is 12.3. The largest absolute Gasteiger partial charge is 0.363 e. The van der Waals surface area contributed by atoms with Crippen molar-refractivity contribution < 1.29 is 4.31 Å². The van der Waals surface area contributed by atoms with E-state index >= 15 is 0 Å². The summed E-state index contributed by atoms with van der Waals surface area (Å²) >= 11 is 0. The molecule has 0 amide bonds. The summed E-state index contributed by atoms with van der Waals surface area (Å²) in [6.07, 6.45) is 11.9. The van der Waals surface area contributed by atoms with Crippen molar-refractivity contribution in [2.45, 2.75) is 118 Å². The fourth-order valence-electron chi connectivity index (χ4n) is 6.54. The summed E-state index contributed by atoms with van der Waals surface area (Å²) in [6.45, 7) is 27.4.